The third-order valence-corrected chi connectivity index (χ3v) is 3.93. The summed E-state index contributed by atoms with van der Waals surface area (Å²) in [5.41, 5.74) is 0. The Hall–Kier alpha value is -1.53. The molecule has 1 aromatic heterocycles. The third kappa shape index (κ3) is 5.25. The molecule has 1 saturated heterocycles. The second kappa shape index (κ2) is 9.57. The van der Waals surface area contributed by atoms with Crippen LogP contribution in [0.15, 0.2) is 22.8 Å². The van der Waals surface area contributed by atoms with Crippen LogP contribution >= 0.6 is 12.4 Å². The molecule has 1 aliphatic heterocycles. The Morgan fingerprint density at radius 3 is 2.87 bits per heavy atom. The highest BCUT2D eigenvalue weighted by Crippen LogP contribution is 2.20. The molecule has 2 rings (SSSR count). The Morgan fingerprint density at radius 1 is 1.43 bits per heavy atom. The summed E-state index contributed by atoms with van der Waals surface area (Å²) in [7, 11) is 0. The van der Waals surface area contributed by atoms with E-state index in [2.05, 4.69) is 10.6 Å². The van der Waals surface area contributed by atoms with E-state index >= 15 is 0 Å². The van der Waals surface area contributed by atoms with E-state index in [1.165, 1.54) is 6.26 Å². The first-order valence-electron chi connectivity index (χ1n) is 7.99. The van der Waals surface area contributed by atoms with Crippen LogP contribution in [0.4, 0.5) is 0 Å². The molecule has 0 aliphatic carbocycles. The number of carbonyl (C=O) groups excluding carboxylic acids is 2. The minimum Gasteiger partial charge on any atom is -0.459 e. The van der Waals surface area contributed by atoms with Gasteiger partial charge in [0.05, 0.1) is 6.26 Å². The summed E-state index contributed by atoms with van der Waals surface area (Å²) in [4.78, 5) is 26.5. The van der Waals surface area contributed by atoms with Gasteiger partial charge in [0.25, 0.3) is 5.91 Å². The van der Waals surface area contributed by atoms with Crippen LogP contribution in [-0.4, -0.2) is 48.4 Å². The second-order valence-electron chi connectivity index (χ2n) is 5.69. The van der Waals surface area contributed by atoms with Gasteiger partial charge < -0.3 is 20.0 Å². The van der Waals surface area contributed by atoms with Gasteiger partial charge in [-0.2, -0.15) is 0 Å². The molecule has 1 unspecified atom stereocenters. The molecule has 0 saturated carbocycles. The number of hydrogen-bond donors (Lipinski definition) is 2. The van der Waals surface area contributed by atoms with Gasteiger partial charge in [0.2, 0.25) is 5.91 Å². The lowest BCUT2D eigenvalue weighted by Crippen LogP contribution is -2.53. The molecule has 130 valence electrons. The number of piperidine rings is 1. The molecule has 1 aromatic rings. The van der Waals surface area contributed by atoms with E-state index in [1.54, 1.807) is 17.0 Å². The number of nitrogens with zero attached hydrogens (tertiary/aromatic N) is 1. The minimum absolute atomic E-state index is 0. The highest BCUT2D eigenvalue weighted by Gasteiger charge is 2.33. The third-order valence-electron chi connectivity index (χ3n) is 3.93. The van der Waals surface area contributed by atoms with Crippen molar-refractivity contribution in [3.05, 3.63) is 24.2 Å². The molecule has 7 heteroatoms. The summed E-state index contributed by atoms with van der Waals surface area (Å²) >= 11 is 0. The van der Waals surface area contributed by atoms with Gasteiger partial charge in [0, 0.05) is 19.1 Å². The first-order chi connectivity index (χ1) is 10.6. The molecule has 2 amide bonds. The highest BCUT2D eigenvalue weighted by atomic mass is 35.5. The van der Waals surface area contributed by atoms with E-state index in [0.29, 0.717) is 25.3 Å². The lowest BCUT2D eigenvalue weighted by atomic mass is 10.0. The number of rotatable bonds is 6. The van der Waals surface area contributed by atoms with Gasteiger partial charge in [0.15, 0.2) is 5.76 Å². The number of likely N-dealkylation sites (N-methyl/N-ethyl adjacent to an activating group) is 1. The molecule has 0 spiro atoms. The number of furan rings is 1. The number of carbonyl (C=O) groups is 2. The summed E-state index contributed by atoms with van der Waals surface area (Å²) in [5.74, 6) is 0.00894. The summed E-state index contributed by atoms with van der Waals surface area (Å²) < 4.78 is 5.17. The van der Waals surface area contributed by atoms with E-state index in [4.69, 9.17) is 4.42 Å². The Morgan fingerprint density at radius 2 is 2.22 bits per heavy atom. The molecule has 0 aromatic carbocycles. The van der Waals surface area contributed by atoms with Crippen LogP contribution in [0.2, 0.25) is 0 Å². The topological polar surface area (TPSA) is 74.6 Å². The molecule has 23 heavy (non-hydrogen) atoms. The lowest BCUT2D eigenvalue weighted by molar-refractivity contribution is -0.126. The standard InChI is InChI=1S/C16H25N3O3.ClH/c1-3-17-12(2)11-18-15(20)13-7-4-5-9-19(13)16(21)14-8-6-10-22-14;/h6,8,10,12-13,17H,3-5,7,9,11H2,1-2H3,(H,18,20);1H/t12-,13?;/m1./s1. The fraction of sp³-hybridized carbons (Fsp3) is 0.625. The zero-order chi connectivity index (χ0) is 15.9. The van der Waals surface area contributed by atoms with E-state index < -0.39 is 6.04 Å². The van der Waals surface area contributed by atoms with Crippen molar-refractivity contribution < 1.29 is 14.0 Å². The Labute approximate surface area is 143 Å². The van der Waals surface area contributed by atoms with Crippen molar-refractivity contribution in [2.75, 3.05) is 19.6 Å². The highest BCUT2D eigenvalue weighted by molar-refractivity contribution is 5.95. The van der Waals surface area contributed by atoms with Crippen molar-refractivity contribution in [2.45, 2.75) is 45.2 Å². The van der Waals surface area contributed by atoms with Gasteiger partial charge in [-0.15, -0.1) is 12.4 Å². The van der Waals surface area contributed by atoms with Crippen molar-refractivity contribution in [3.8, 4) is 0 Å². The Balaban J connectivity index is 0.00000264. The molecular weight excluding hydrogens is 318 g/mol. The molecule has 1 aliphatic rings. The average Bonchev–Trinajstić information content (AvgIpc) is 3.06. The van der Waals surface area contributed by atoms with Crippen molar-refractivity contribution in [2.24, 2.45) is 0 Å². The number of halogens is 1. The largest absolute Gasteiger partial charge is 0.459 e. The maximum absolute atomic E-state index is 12.5. The van der Waals surface area contributed by atoms with Crippen LogP contribution in [-0.2, 0) is 4.79 Å². The molecule has 2 atom stereocenters. The molecule has 1 fully saturated rings. The zero-order valence-corrected chi connectivity index (χ0v) is 14.5. The van der Waals surface area contributed by atoms with E-state index in [0.717, 1.165) is 19.4 Å². The summed E-state index contributed by atoms with van der Waals surface area (Å²) in [5, 5.41) is 6.19. The summed E-state index contributed by atoms with van der Waals surface area (Å²) in [6, 6.07) is 3.13. The van der Waals surface area contributed by atoms with Crippen LogP contribution in [0.5, 0.6) is 0 Å². The predicted molar refractivity (Wildman–Crippen MR) is 90.8 cm³/mol. The van der Waals surface area contributed by atoms with Gasteiger partial charge in [-0.3, -0.25) is 9.59 Å². The van der Waals surface area contributed by atoms with E-state index in [9.17, 15) is 9.59 Å². The average molecular weight is 344 g/mol. The maximum atomic E-state index is 12.5. The molecule has 0 bridgehead atoms. The van der Waals surface area contributed by atoms with Gasteiger partial charge in [-0.25, -0.2) is 0 Å². The second-order valence-corrected chi connectivity index (χ2v) is 5.69. The molecular formula is C16H26ClN3O3. The predicted octanol–water partition coefficient (Wildman–Crippen LogP) is 1.81. The number of amides is 2. The van der Waals surface area contributed by atoms with Gasteiger partial charge in [-0.05, 0) is 44.9 Å². The van der Waals surface area contributed by atoms with E-state index in [-0.39, 0.29) is 30.3 Å². The number of hydrogen-bond acceptors (Lipinski definition) is 4. The van der Waals surface area contributed by atoms with Crippen LogP contribution in [0.1, 0.15) is 43.7 Å². The van der Waals surface area contributed by atoms with E-state index in [1.807, 2.05) is 13.8 Å². The summed E-state index contributed by atoms with van der Waals surface area (Å²) in [6.45, 7) is 6.08. The number of likely N-dealkylation sites (tertiary alicyclic amines) is 1. The monoisotopic (exact) mass is 343 g/mol. The van der Waals surface area contributed by atoms with Gasteiger partial charge in [0.1, 0.15) is 6.04 Å². The molecule has 0 radical (unpaired) electrons. The Bertz CT molecular complexity index is 493. The first-order valence-corrected chi connectivity index (χ1v) is 7.99. The van der Waals surface area contributed by atoms with Crippen LogP contribution in [0.25, 0.3) is 0 Å². The number of nitrogens with one attached hydrogen (secondary N) is 2. The van der Waals surface area contributed by atoms with Crippen molar-refractivity contribution in [1.29, 1.82) is 0 Å². The van der Waals surface area contributed by atoms with Crippen molar-refractivity contribution in [3.63, 3.8) is 0 Å². The van der Waals surface area contributed by atoms with Crippen LogP contribution in [0, 0.1) is 0 Å². The van der Waals surface area contributed by atoms with Gasteiger partial charge >= 0.3 is 0 Å². The fourth-order valence-corrected chi connectivity index (χ4v) is 2.78. The van der Waals surface area contributed by atoms with Gasteiger partial charge in [-0.1, -0.05) is 6.92 Å². The van der Waals surface area contributed by atoms with Crippen molar-refractivity contribution in [1.82, 2.24) is 15.5 Å². The first kappa shape index (κ1) is 19.5. The van der Waals surface area contributed by atoms with Crippen molar-refractivity contribution >= 4 is 24.2 Å². The molecule has 2 N–H and O–H groups in total. The lowest BCUT2D eigenvalue weighted by Gasteiger charge is -2.34. The smallest absolute Gasteiger partial charge is 0.290 e. The molecule has 2 heterocycles. The van der Waals surface area contributed by atoms with Crippen LogP contribution < -0.4 is 10.6 Å². The molecule has 6 nitrogen and oxygen atoms in total. The minimum atomic E-state index is -0.403. The Kier molecular flexibility index (Phi) is 8.12. The fourth-order valence-electron chi connectivity index (χ4n) is 2.78. The SMILES string of the molecule is CCN[C@H](C)CNC(=O)C1CCCCN1C(=O)c1ccco1.Cl. The maximum Gasteiger partial charge on any atom is 0.290 e. The quantitative estimate of drug-likeness (QED) is 0.826. The normalized spacial score (nSPS) is 18.9. The zero-order valence-electron chi connectivity index (χ0n) is 13.7. The summed E-state index contributed by atoms with van der Waals surface area (Å²) in [6.07, 6.45) is 4.06. The van der Waals surface area contributed by atoms with Crippen LogP contribution in [0.3, 0.4) is 0 Å².